The van der Waals surface area contributed by atoms with Gasteiger partial charge in [-0.1, -0.05) is 6.92 Å². The molecule has 0 bridgehead atoms. The number of carbonyl (C=O) groups excluding carboxylic acids is 2. The summed E-state index contributed by atoms with van der Waals surface area (Å²) in [6.45, 7) is 6.81. The number of rotatable bonds is 8. The fourth-order valence-corrected chi connectivity index (χ4v) is 2.07. The SMILES string of the molecule is CC[C@H](O)COC(Cc1nc(O)c(O)c(C(=O)OC)n1)N(C)C(=O)OC(C)(C)C. The van der Waals surface area contributed by atoms with Crippen molar-refractivity contribution in [2.45, 2.75) is 58.5 Å². The topological polar surface area (TPSA) is 152 Å². The Kier molecular flexibility index (Phi) is 8.59. The second-order valence-corrected chi connectivity index (χ2v) is 7.30. The molecule has 1 aromatic rings. The molecule has 0 saturated heterocycles. The van der Waals surface area contributed by atoms with Gasteiger partial charge in [-0.2, -0.15) is 4.98 Å². The van der Waals surface area contributed by atoms with Crippen molar-refractivity contribution in [1.82, 2.24) is 14.9 Å². The third-order valence-electron chi connectivity index (χ3n) is 3.71. The van der Waals surface area contributed by atoms with Gasteiger partial charge >= 0.3 is 12.1 Å². The van der Waals surface area contributed by atoms with E-state index in [4.69, 9.17) is 9.47 Å². The highest BCUT2D eigenvalue weighted by atomic mass is 16.6. The van der Waals surface area contributed by atoms with Gasteiger partial charge in [0.15, 0.2) is 5.69 Å². The number of ether oxygens (including phenoxy) is 3. The molecule has 0 aliphatic rings. The van der Waals surface area contributed by atoms with Crippen molar-refractivity contribution < 1.29 is 39.1 Å². The maximum atomic E-state index is 12.4. The largest absolute Gasteiger partial charge is 0.501 e. The molecule has 0 radical (unpaired) electrons. The van der Waals surface area contributed by atoms with E-state index in [1.807, 2.05) is 0 Å². The number of aromatic nitrogens is 2. The Balaban J connectivity index is 3.15. The summed E-state index contributed by atoms with van der Waals surface area (Å²) in [6.07, 6.45) is -2.16. The quantitative estimate of drug-likeness (QED) is 0.417. The Hall–Kier alpha value is -2.66. The Labute approximate surface area is 169 Å². The minimum atomic E-state index is -0.986. The maximum absolute atomic E-state index is 12.4. The van der Waals surface area contributed by atoms with Crippen LogP contribution >= 0.6 is 0 Å². The molecule has 29 heavy (non-hydrogen) atoms. The highest BCUT2D eigenvalue weighted by molar-refractivity contribution is 5.90. The summed E-state index contributed by atoms with van der Waals surface area (Å²) in [6, 6.07) is 0. The highest BCUT2D eigenvalue weighted by Gasteiger charge is 2.29. The van der Waals surface area contributed by atoms with Crippen LogP contribution in [0.15, 0.2) is 0 Å². The minimum Gasteiger partial charge on any atom is -0.501 e. The fraction of sp³-hybridized carbons (Fsp3) is 0.667. The monoisotopic (exact) mass is 415 g/mol. The first-order valence-electron chi connectivity index (χ1n) is 9.02. The fourth-order valence-electron chi connectivity index (χ4n) is 2.07. The van der Waals surface area contributed by atoms with Crippen LogP contribution in [0.3, 0.4) is 0 Å². The second-order valence-electron chi connectivity index (χ2n) is 7.30. The summed E-state index contributed by atoms with van der Waals surface area (Å²) in [5.41, 5.74) is -1.27. The van der Waals surface area contributed by atoms with Gasteiger partial charge < -0.3 is 29.5 Å². The van der Waals surface area contributed by atoms with Crippen LogP contribution in [-0.4, -0.2) is 80.9 Å². The zero-order valence-corrected chi connectivity index (χ0v) is 17.5. The molecule has 2 atom stereocenters. The summed E-state index contributed by atoms with van der Waals surface area (Å²) in [7, 11) is 2.52. The van der Waals surface area contributed by atoms with Crippen molar-refractivity contribution in [3.63, 3.8) is 0 Å². The third-order valence-corrected chi connectivity index (χ3v) is 3.71. The van der Waals surface area contributed by atoms with E-state index < -0.39 is 47.3 Å². The summed E-state index contributed by atoms with van der Waals surface area (Å²) >= 11 is 0. The van der Waals surface area contributed by atoms with Crippen molar-refractivity contribution in [1.29, 1.82) is 0 Å². The molecule has 0 aromatic carbocycles. The first-order chi connectivity index (χ1) is 13.4. The maximum Gasteiger partial charge on any atom is 0.412 e. The summed E-state index contributed by atoms with van der Waals surface area (Å²) in [5.74, 6) is -2.70. The van der Waals surface area contributed by atoms with E-state index >= 15 is 0 Å². The van der Waals surface area contributed by atoms with Gasteiger partial charge in [0.2, 0.25) is 5.75 Å². The lowest BCUT2D eigenvalue weighted by Crippen LogP contribution is -2.44. The first kappa shape index (κ1) is 24.4. The number of hydrogen-bond donors (Lipinski definition) is 3. The predicted octanol–water partition coefficient (Wildman–Crippen LogP) is 1.20. The van der Waals surface area contributed by atoms with Crippen LogP contribution in [0.2, 0.25) is 0 Å². The van der Waals surface area contributed by atoms with Gasteiger partial charge in [0.1, 0.15) is 17.7 Å². The molecule has 3 N–H and O–H groups in total. The predicted molar refractivity (Wildman–Crippen MR) is 100 cm³/mol. The van der Waals surface area contributed by atoms with E-state index in [2.05, 4.69) is 14.7 Å². The van der Waals surface area contributed by atoms with Crippen LogP contribution in [0.25, 0.3) is 0 Å². The van der Waals surface area contributed by atoms with Gasteiger partial charge in [0.25, 0.3) is 5.88 Å². The molecule has 1 unspecified atom stereocenters. The Morgan fingerprint density at radius 3 is 2.34 bits per heavy atom. The number of hydrogen-bond acceptors (Lipinski definition) is 10. The molecule has 164 valence electrons. The van der Waals surface area contributed by atoms with Crippen LogP contribution in [0.1, 0.15) is 50.4 Å². The van der Waals surface area contributed by atoms with Crippen molar-refractivity contribution in [2.75, 3.05) is 20.8 Å². The number of aliphatic hydroxyl groups excluding tert-OH is 1. The van der Waals surface area contributed by atoms with E-state index in [0.29, 0.717) is 6.42 Å². The smallest absolute Gasteiger partial charge is 0.412 e. The molecule has 11 heteroatoms. The van der Waals surface area contributed by atoms with Crippen LogP contribution < -0.4 is 0 Å². The average molecular weight is 415 g/mol. The van der Waals surface area contributed by atoms with Gasteiger partial charge in [-0.25, -0.2) is 14.6 Å². The van der Waals surface area contributed by atoms with E-state index in [0.717, 1.165) is 12.0 Å². The number of esters is 1. The zero-order valence-electron chi connectivity index (χ0n) is 17.5. The Morgan fingerprint density at radius 1 is 1.21 bits per heavy atom. The van der Waals surface area contributed by atoms with Crippen LogP contribution in [-0.2, 0) is 20.6 Å². The third kappa shape index (κ3) is 7.35. The number of likely N-dealkylation sites (N-methyl/N-ethyl adjacent to an activating group) is 1. The molecule has 0 fully saturated rings. The lowest BCUT2D eigenvalue weighted by molar-refractivity contribution is -0.0815. The molecule has 0 aliphatic heterocycles. The standard InChI is InChI=1S/C18H29N3O8/c1-7-10(22)9-28-12(21(5)17(26)29-18(2,3)4)8-11-19-13(16(25)27-6)14(23)15(24)20-11/h10,12,22-23H,7-9H2,1-6H3,(H,19,20,24)/t10-,12?/m0/s1. The minimum absolute atomic E-state index is 0.0811. The molecule has 0 aliphatic carbocycles. The highest BCUT2D eigenvalue weighted by Crippen LogP contribution is 2.26. The normalized spacial score (nSPS) is 13.5. The van der Waals surface area contributed by atoms with Crippen molar-refractivity contribution >= 4 is 12.1 Å². The summed E-state index contributed by atoms with van der Waals surface area (Å²) in [5, 5.41) is 29.4. The lowest BCUT2D eigenvalue weighted by atomic mass is 10.2. The summed E-state index contributed by atoms with van der Waals surface area (Å²) in [4.78, 5) is 32.9. The van der Waals surface area contributed by atoms with Crippen LogP contribution in [0.4, 0.5) is 4.79 Å². The van der Waals surface area contributed by atoms with Crippen molar-refractivity contribution in [3.05, 3.63) is 11.5 Å². The first-order valence-corrected chi connectivity index (χ1v) is 9.02. The molecular formula is C18H29N3O8. The number of aromatic hydroxyl groups is 2. The lowest BCUT2D eigenvalue weighted by Gasteiger charge is -2.31. The number of methoxy groups -OCH3 is 1. The van der Waals surface area contributed by atoms with E-state index in [9.17, 15) is 24.9 Å². The van der Waals surface area contributed by atoms with E-state index in [1.54, 1.807) is 27.7 Å². The van der Waals surface area contributed by atoms with E-state index in [-0.39, 0.29) is 18.9 Å². The Morgan fingerprint density at radius 2 is 1.83 bits per heavy atom. The van der Waals surface area contributed by atoms with E-state index in [1.165, 1.54) is 7.05 Å². The molecule has 1 aromatic heterocycles. The van der Waals surface area contributed by atoms with Crippen LogP contribution in [0, 0.1) is 0 Å². The molecule has 11 nitrogen and oxygen atoms in total. The molecular weight excluding hydrogens is 386 g/mol. The second kappa shape index (κ2) is 10.2. The van der Waals surface area contributed by atoms with Crippen molar-refractivity contribution in [3.8, 4) is 11.6 Å². The van der Waals surface area contributed by atoms with Gasteiger partial charge in [0, 0.05) is 7.05 Å². The number of nitrogens with zero attached hydrogens (tertiary/aromatic N) is 3. The average Bonchev–Trinajstić information content (AvgIpc) is 2.64. The van der Waals surface area contributed by atoms with Crippen molar-refractivity contribution in [2.24, 2.45) is 0 Å². The molecule has 1 rings (SSSR count). The number of aliphatic hydroxyl groups is 1. The van der Waals surface area contributed by atoms with Gasteiger partial charge in [0.05, 0.1) is 26.2 Å². The molecule has 1 heterocycles. The van der Waals surface area contributed by atoms with Gasteiger partial charge in [-0.05, 0) is 27.2 Å². The van der Waals surface area contributed by atoms with Gasteiger partial charge in [-0.3, -0.25) is 4.90 Å². The number of carbonyl (C=O) groups is 2. The zero-order chi connectivity index (χ0) is 22.4. The molecule has 0 spiro atoms. The van der Waals surface area contributed by atoms with Crippen LogP contribution in [0.5, 0.6) is 11.6 Å². The van der Waals surface area contributed by atoms with Gasteiger partial charge in [-0.15, -0.1) is 0 Å². The molecule has 0 saturated carbocycles. The Bertz CT molecular complexity index is 720. The number of amides is 1. The molecule has 1 amide bonds. The summed E-state index contributed by atoms with van der Waals surface area (Å²) < 4.78 is 15.5.